The molecule has 1 saturated heterocycles. The molecule has 0 aromatic carbocycles. The van der Waals surface area contributed by atoms with Gasteiger partial charge in [0.15, 0.2) is 0 Å². The van der Waals surface area contributed by atoms with E-state index >= 15 is 0 Å². The zero-order valence-electron chi connectivity index (χ0n) is 11.0. The van der Waals surface area contributed by atoms with Crippen LogP contribution in [0.1, 0.15) is 32.6 Å². The molecule has 0 bridgehead atoms. The van der Waals surface area contributed by atoms with Gasteiger partial charge in [-0.3, -0.25) is 14.5 Å². The number of rotatable bonds is 5. The number of hydrogen-bond acceptors (Lipinski definition) is 3. The number of nitrogens with zero attached hydrogens (tertiary/aromatic N) is 2. The van der Waals surface area contributed by atoms with Crippen molar-refractivity contribution in [2.24, 2.45) is 5.92 Å². The van der Waals surface area contributed by atoms with E-state index in [2.05, 4.69) is 0 Å². The number of carboxylic acids is 1. The summed E-state index contributed by atoms with van der Waals surface area (Å²) in [5, 5.41) is 8.81. The van der Waals surface area contributed by atoms with Gasteiger partial charge in [0.25, 0.3) is 0 Å². The van der Waals surface area contributed by atoms with Gasteiger partial charge in [-0.25, -0.2) is 0 Å². The zero-order chi connectivity index (χ0) is 13.1. The molecule has 1 aliphatic heterocycles. The maximum absolute atomic E-state index is 11.6. The third kappa shape index (κ3) is 3.70. The van der Waals surface area contributed by atoms with Crippen LogP contribution in [0.4, 0.5) is 0 Å². The molecule has 0 aromatic rings. The highest BCUT2D eigenvalue weighted by atomic mass is 16.4. The fourth-order valence-corrected chi connectivity index (χ4v) is 2.83. The second-order valence-electron chi connectivity index (χ2n) is 5.54. The number of carboxylic acid groups (broad SMARTS) is 1. The lowest BCUT2D eigenvalue weighted by molar-refractivity contribution is -0.139. The van der Waals surface area contributed by atoms with E-state index in [1.807, 2.05) is 9.80 Å². The number of likely N-dealkylation sites (tertiary alicyclic amines) is 1. The lowest BCUT2D eigenvalue weighted by Gasteiger charge is -2.34. The maximum atomic E-state index is 11.6. The van der Waals surface area contributed by atoms with Gasteiger partial charge in [-0.15, -0.1) is 0 Å². The van der Waals surface area contributed by atoms with Crippen LogP contribution in [0.5, 0.6) is 0 Å². The van der Waals surface area contributed by atoms with Crippen molar-refractivity contribution in [1.82, 2.24) is 9.80 Å². The van der Waals surface area contributed by atoms with Crippen LogP contribution in [-0.2, 0) is 9.59 Å². The highest BCUT2D eigenvalue weighted by Gasteiger charge is 2.33. The minimum Gasteiger partial charge on any atom is -0.480 e. The molecule has 1 amide bonds. The molecule has 0 aromatic heterocycles. The Morgan fingerprint density at radius 3 is 2.61 bits per heavy atom. The molecule has 5 heteroatoms. The number of aliphatic carboxylic acids is 1. The van der Waals surface area contributed by atoms with Crippen LogP contribution >= 0.6 is 0 Å². The van der Waals surface area contributed by atoms with Gasteiger partial charge in [0.05, 0.1) is 6.54 Å². The van der Waals surface area contributed by atoms with Crippen LogP contribution < -0.4 is 0 Å². The molecule has 1 saturated carbocycles. The first-order valence-corrected chi connectivity index (χ1v) is 6.77. The molecular weight excluding hydrogens is 232 g/mol. The first-order chi connectivity index (χ1) is 8.56. The van der Waals surface area contributed by atoms with E-state index in [4.69, 9.17) is 5.11 Å². The second-order valence-corrected chi connectivity index (χ2v) is 5.54. The van der Waals surface area contributed by atoms with Gasteiger partial charge in [0.1, 0.15) is 0 Å². The SMILES string of the molecule is CC(=O)N(CC1CCCN(CC(=O)O)C1)C1CC1. The molecule has 1 aliphatic carbocycles. The predicted molar refractivity (Wildman–Crippen MR) is 67.2 cm³/mol. The van der Waals surface area contributed by atoms with Crippen LogP contribution in [0, 0.1) is 5.92 Å². The summed E-state index contributed by atoms with van der Waals surface area (Å²) in [5.74, 6) is -0.170. The molecule has 1 atom stereocenters. The van der Waals surface area contributed by atoms with Gasteiger partial charge in [-0.1, -0.05) is 0 Å². The van der Waals surface area contributed by atoms with Gasteiger partial charge in [0, 0.05) is 26.1 Å². The van der Waals surface area contributed by atoms with Crippen molar-refractivity contribution in [2.45, 2.75) is 38.6 Å². The third-order valence-electron chi connectivity index (χ3n) is 3.81. The van der Waals surface area contributed by atoms with E-state index in [0.29, 0.717) is 12.0 Å². The fourth-order valence-electron chi connectivity index (χ4n) is 2.83. The molecular formula is C13H22N2O3. The van der Waals surface area contributed by atoms with Crippen LogP contribution in [0.15, 0.2) is 0 Å². The van der Waals surface area contributed by atoms with E-state index in [1.165, 1.54) is 0 Å². The molecule has 18 heavy (non-hydrogen) atoms. The molecule has 1 unspecified atom stereocenters. The van der Waals surface area contributed by atoms with Crippen molar-refractivity contribution < 1.29 is 14.7 Å². The Labute approximate surface area is 108 Å². The Morgan fingerprint density at radius 1 is 1.33 bits per heavy atom. The Balaban J connectivity index is 1.84. The minimum absolute atomic E-state index is 0.125. The van der Waals surface area contributed by atoms with Gasteiger partial charge in [-0.05, 0) is 38.1 Å². The highest BCUT2D eigenvalue weighted by molar-refractivity contribution is 5.74. The summed E-state index contributed by atoms with van der Waals surface area (Å²) in [5.41, 5.74) is 0. The van der Waals surface area contributed by atoms with Crippen molar-refractivity contribution in [2.75, 3.05) is 26.2 Å². The summed E-state index contributed by atoms with van der Waals surface area (Å²) in [6.45, 7) is 4.24. The van der Waals surface area contributed by atoms with Crippen molar-refractivity contribution in [3.05, 3.63) is 0 Å². The number of amides is 1. The first kappa shape index (κ1) is 13.3. The van der Waals surface area contributed by atoms with E-state index in [1.54, 1.807) is 6.92 Å². The Morgan fingerprint density at radius 2 is 2.06 bits per heavy atom. The summed E-state index contributed by atoms with van der Waals surface area (Å²) in [7, 11) is 0. The number of carbonyl (C=O) groups is 2. The molecule has 2 rings (SSSR count). The topological polar surface area (TPSA) is 60.9 Å². The Kier molecular flexibility index (Phi) is 4.22. The molecule has 2 fully saturated rings. The number of hydrogen-bond donors (Lipinski definition) is 1. The highest BCUT2D eigenvalue weighted by Crippen LogP contribution is 2.29. The fraction of sp³-hybridized carbons (Fsp3) is 0.846. The van der Waals surface area contributed by atoms with Crippen molar-refractivity contribution >= 4 is 11.9 Å². The molecule has 1 N–H and O–H groups in total. The van der Waals surface area contributed by atoms with E-state index < -0.39 is 5.97 Å². The normalized spacial score (nSPS) is 24.8. The molecule has 2 aliphatic rings. The van der Waals surface area contributed by atoms with Gasteiger partial charge < -0.3 is 10.0 Å². The summed E-state index contributed by atoms with van der Waals surface area (Å²) in [4.78, 5) is 26.3. The summed E-state index contributed by atoms with van der Waals surface area (Å²) >= 11 is 0. The predicted octanol–water partition coefficient (Wildman–Crippen LogP) is 0.794. The lowest BCUT2D eigenvalue weighted by Crippen LogP contribution is -2.44. The molecule has 102 valence electrons. The third-order valence-corrected chi connectivity index (χ3v) is 3.81. The van der Waals surface area contributed by atoms with Crippen molar-refractivity contribution in [1.29, 1.82) is 0 Å². The van der Waals surface area contributed by atoms with E-state index in [-0.39, 0.29) is 12.5 Å². The van der Waals surface area contributed by atoms with Crippen LogP contribution in [-0.4, -0.2) is 59.0 Å². The second kappa shape index (κ2) is 5.69. The van der Waals surface area contributed by atoms with Crippen LogP contribution in [0.25, 0.3) is 0 Å². The maximum Gasteiger partial charge on any atom is 0.317 e. The van der Waals surface area contributed by atoms with Gasteiger partial charge >= 0.3 is 5.97 Å². The largest absolute Gasteiger partial charge is 0.480 e. The zero-order valence-corrected chi connectivity index (χ0v) is 11.0. The quantitative estimate of drug-likeness (QED) is 0.788. The number of carbonyl (C=O) groups excluding carboxylic acids is 1. The van der Waals surface area contributed by atoms with Crippen LogP contribution in [0.3, 0.4) is 0 Å². The minimum atomic E-state index is -0.763. The van der Waals surface area contributed by atoms with Crippen molar-refractivity contribution in [3.63, 3.8) is 0 Å². The van der Waals surface area contributed by atoms with Gasteiger partial charge in [-0.2, -0.15) is 0 Å². The van der Waals surface area contributed by atoms with E-state index in [0.717, 1.165) is 45.3 Å². The van der Waals surface area contributed by atoms with Crippen molar-refractivity contribution in [3.8, 4) is 0 Å². The number of piperidine rings is 1. The molecule has 0 spiro atoms. The summed E-state index contributed by atoms with van der Waals surface area (Å²) < 4.78 is 0. The Hall–Kier alpha value is -1.10. The van der Waals surface area contributed by atoms with E-state index in [9.17, 15) is 9.59 Å². The smallest absolute Gasteiger partial charge is 0.317 e. The standard InChI is InChI=1S/C13H22N2O3/c1-10(16)15(12-4-5-12)8-11-3-2-6-14(7-11)9-13(17)18/h11-12H,2-9H2,1H3,(H,17,18). The monoisotopic (exact) mass is 254 g/mol. The summed E-state index contributed by atoms with van der Waals surface area (Å²) in [6.07, 6.45) is 4.40. The molecule has 0 radical (unpaired) electrons. The van der Waals surface area contributed by atoms with Gasteiger partial charge in [0.2, 0.25) is 5.91 Å². The first-order valence-electron chi connectivity index (χ1n) is 6.77. The average Bonchev–Trinajstić information content (AvgIpc) is 3.09. The summed E-state index contributed by atoms with van der Waals surface area (Å²) in [6, 6.07) is 0.456. The Bertz CT molecular complexity index is 328. The molecule has 5 nitrogen and oxygen atoms in total. The molecule has 1 heterocycles. The average molecular weight is 254 g/mol. The van der Waals surface area contributed by atoms with Crippen LogP contribution in [0.2, 0.25) is 0 Å². The lowest BCUT2D eigenvalue weighted by atomic mass is 9.97.